The smallest absolute Gasteiger partial charge is 0.216 e. The maximum absolute atomic E-state index is 12.7. The molecule has 94 valence electrons. The Morgan fingerprint density at radius 2 is 2.29 bits per heavy atom. The van der Waals surface area contributed by atoms with Gasteiger partial charge in [-0.1, -0.05) is 0 Å². The van der Waals surface area contributed by atoms with Crippen LogP contribution in [0.3, 0.4) is 0 Å². The van der Waals surface area contributed by atoms with Gasteiger partial charge >= 0.3 is 0 Å². The highest BCUT2D eigenvalue weighted by atomic mass is 19.1. The molecule has 1 heterocycles. The second-order valence-electron chi connectivity index (χ2n) is 3.58. The maximum atomic E-state index is 12.7. The highest BCUT2D eigenvalue weighted by Gasteiger charge is 2.22. The lowest BCUT2D eigenvalue weighted by atomic mass is 10.1. The number of halogens is 1. The number of hydrogen-bond acceptors (Lipinski definition) is 5. The van der Waals surface area contributed by atoms with Crippen LogP contribution in [0.15, 0.2) is 12.3 Å². The molecule has 1 rings (SSSR count). The second kappa shape index (κ2) is 5.55. The van der Waals surface area contributed by atoms with E-state index in [2.05, 4.69) is 10.3 Å². The number of anilines is 1. The van der Waals surface area contributed by atoms with Gasteiger partial charge in [-0.2, -0.15) is 0 Å². The fourth-order valence-corrected chi connectivity index (χ4v) is 1.25. The molecule has 2 unspecified atom stereocenters. The Hall–Kier alpha value is -1.73. The van der Waals surface area contributed by atoms with Crippen LogP contribution in [0, 0.1) is 5.82 Å². The summed E-state index contributed by atoms with van der Waals surface area (Å²) in [4.78, 5) is 14.2. The van der Waals surface area contributed by atoms with Gasteiger partial charge in [0.15, 0.2) is 0 Å². The van der Waals surface area contributed by atoms with Crippen LogP contribution in [-0.2, 0) is 4.79 Å². The molecule has 5 N–H and O–H groups in total. The minimum absolute atomic E-state index is 0.0238. The van der Waals surface area contributed by atoms with Gasteiger partial charge in [-0.05, 0) is 0 Å². The van der Waals surface area contributed by atoms with Crippen molar-refractivity contribution in [2.75, 3.05) is 12.3 Å². The Balaban J connectivity index is 2.74. The molecule has 0 aliphatic rings. The number of carbonyl (C=O) groups excluding carboxylic acids is 1. The van der Waals surface area contributed by atoms with Crippen LogP contribution in [0.5, 0.6) is 0 Å². The van der Waals surface area contributed by atoms with E-state index in [-0.39, 0.29) is 23.8 Å². The van der Waals surface area contributed by atoms with Crippen molar-refractivity contribution in [2.45, 2.75) is 19.1 Å². The number of nitrogens with zero attached hydrogens (tertiary/aromatic N) is 1. The van der Waals surface area contributed by atoms with Gasteiger partial charge in [-0.15, -0.1) is 0 Å². The highest BCUT2D eigenvalue weighted by molar-refractivity contribution is 5.72. The normalized spacial score (nSPS) is 14.1. The lowest BCUT2D eigenvalue weighted by Gasteiger charge is -2.18. The molecule has 1 aromatic heterocycles. The van der Waals surface area contributed by atoms with E-state index in [1.165, 1.54) is 6.92 Å². The summed E-state index contributed by atoms with van der Waals surface area (Å²) >= 11 is 0. The van der Waals surface area contributed by atoms with Gasteiger partial charge in [-0.25, -0.2) is 4.39 Å². The number of aliphatic hydroxyl groups excluding tert-OH is 2. The third-order valence-corrected chi connectivity index (χ3v) is 2.12. The van der Waals surface area contributed by atoms with Gasteiger partial charge in [0, 0.05) is 19.5 Å². The standard InChI is InChI=1S/C10H14FN3O3/c1-5(15)13-4-8(16)10(17)9-7(12)2-6(11)3-14-9/h2-3,8,10,16-17H,4,12H2,1H3,(H,13,15). The molecular formula is C10H14FN3O3. The van der Waals surface area contributed by atoms with Crippen LogP contribution in [0.2, 0.25) is 0 Å². The Morgan fingerprint density at radius 3 is 2.82 bits per heavy atom. The number of amides is 1. The largest absolute Gasteiger partial charge is 0.397 e. The average molecular weight is 243 g/mol. The molecule has 0 bridgehead atoms. The number of carbonyl (C=O) groups is 1. The molecule has 0 saturated heterocycles. The molecule has 6 nitrogen and oxygen atoms in total. The average Bonchev–Trinajstić information content (AvgIpc) is 2.25. The maximum Gasteiger partial charge on any atom is 0.216 e. The molecule has 0 aliphatic carbocycles. The summed E-state index contributed by atoms with van der Waals surface area (Å²) in [6.45, 7) is 1.14. The molecule has 0 saturated carbocycles. The fourth-order valence-electron chi connectivity index (χ4n) is 1.25. The van der Waals surface area contributed by atoms with Crippen LogP contribution >= 0.6 is 0 Å². The molecule has 17 heavy (non-hydrogen) atoms. The van der Waals surface area contributed by atoms with E-state index in [9.17, 15) is 19.4 Å². The molecule has 1 aromatic rings. The predicted molar refractivity (Wildman–Crippen MR) is 58.3 cm³/mol. The quantitative estimate of drug-likeness (QED) is 0.561. The van der Waals surface area contributed by atoms with Crippen molar-refractivity contribution in [3.8, 4) is 0 Å². The number of pyridine rings is 1. The number of nitrogens with two attached hydrogens (primary N) is 1. The molecule has 7 heteroatoms. The Bertz CT molecular complexity index is 414. The van der Waals surface area contributed by atoms with Gasteiger partial charge in [0.25, 0.3) is 0 Å². The number of nitrogens with one attached hydrogen (secondary N) is 1. The molecule has 0 aliphatic heterocycles. The summed E-state index contributed by atoms with van der Waals surface area (Å²) in [6.07, 6.45) is -1.76. The van der Waals surface area contributed by atoms with Gasteiger partial charge in [0.1, 0.15) is 18.0 Å². The molecule has 0 spiro atoms. The first kappa shape index (κ1) is 13.3. The third-order valence-electron chi connectivity index (χ3n) is 2.12. The van der Waals surface area contributed by atoms with Crippen LogP contribution in [0.25, 0.3) is 0 Å². The summed E-state index contributed by atoms with van der Waals surface area (Å²) in [7, 11) is 0. The van der Waals surface area contributed by atoms with Crippen LogP contribution in [0.1, 0.15) is 18.7 Å². The van der Waals surface area contributed by atoms with Crippen molar-refractivity contribution in [3.05, 3.63) is 23.8 Å². The van der Waals surface area contributed by atoms with E-state index in [1.54, 1.807) is 0 Å². The van der Waals surface area contributed by atoms with E-state index >= 15 is 0 Å². The van der Waals surface area contributed by atoms with Crippen molar-refractivity contribution in [3.63, 3.8) is 0 Å². The number of rotatable bonds is 4. The van der Waals surface area contributed by atoms with Crippen molar-refractivity contribution in [1.82, 2.24) is 10.3 Å². The summed E-state index contributed by atoms with van der Waals surface area (Å²) in [5, 5.41) is 21.6. The second-order valence-corrected chi connectivity index (χ2v) is 3.58. The van der Waals surface area contributed by atoms with Crippen LogP contribution < -0.4 is 11.1 Å². The SMILES string of the molecule is CC(=O)NCC(O)C(O)c1ncc(F)cc1N. The number of hydrogen-bond donors (Lipinski definition) is 4. The monoisotopic (exact) mass is 243 g/mol. The molecule has 1 amide bonds. The lowest BCUT2D eigenvalue weighted by molar-refractivity contribution is -0.119. The van der Waals surface area contributed by atoms with Gasteiger partial charge in [0.2, 0.25) is 5.91 Å². The molecule has 0 aromatic carbocycles. The Morgan fingerprint density at radius 1 is 1.65 bits per heavy atom. The predicted octanol–water partition coefficient (Wildman–Crippen LogP) is -0.667. The topological polar surface area (TPSA) is 108 Å². The summed E-state index contributed by atoms with van der Waals surface area (Å²) in [6, 6.07) is 0.997. The first-order valence-electron chi connectivity index (χ1n) is 4.93. The number of nitrogen functional groups attached to an aromatic ring is 1. The van der Waals surface area contributed by atoms with E-state index in [4.69, 9.17) is 5.73 Å². The summed E-state index contributed by atoms with van der Waals surface area (Å²) in [5.41, 5.74) is 5.38. The van der Waals surface area contributed by atoms with Crippen molar-refractivity contribution >= 4 is 11.6 Å². The molecule has 0 radical (unpaired) electrons. The van der Waals surface area contributed by atoms with E-state index in [1.807, 2.05) is 0 Å². The minimum Gasteiger partial charge on any atom is -0.397 e. The molecular weight excluding hydrogens is 229 g/mol. The van der Waals surface area contributed by atoms with Crippen molar-refractivity contribution < 1.29 is 19.4 Å². The van der Waals surface area contributed by atoms with Gasteiger partial charge in [-0.3, -0.25) is 9.78 Å². The number of aromatic nitrogens is 1. The van der Waals surface area contributed by atoms with Crippen molar-refractivity contribution in [1.29, 1.82) is 0 Å². The van der Waals surface area contributed by atoms with Crippen molar-refractivity contribution in [2.24, 2.45) is 0 Å². The zero-order valence-corrected chi connectivity index (χ0v) is 9.22. The first-order valence-corrected chi connectivity index (χ1v) is 4.93. The minimum atomic E-state index is -1.39. The zero-order chi connectivity index (χ0) is 13.0. The van der Waals surface area contributed by atoms with Crippen LogP contribution in [0.4, 0.5) is 10.1 Å². The van der Waals surface area contributed by atoms with Gasteiger partial charge in [0.05, 0.1) is 17.6 Å². The fraction of sp³-hybridized carbons (Fsp3) is 0.400. The van der Waals surface area contributed by atoms with Crippen LogP contribution in [-0.4, -0.2) is 33.8 Å². The Labute approximate surface area is 97.3 Å². The highest BCUT2D eigenvalue weighted by Crippen LogP contribution is 2.21. The Kier molecular flexibility index (Phi) is 4.36. The molecule has 2 atom stereocenters. The van der Waals surface area contributed by atoms with E-state index in [0.29, 0.717) is 0 Å². The van der Waals surface area contributed by atoms with E-state index in [0.717, 1.165) is 12.3 Å². The summed E-state index contributed by atoms with van der Waals surface area (Å²) < 4.78 is 12.7. The zero-order valence-electron chi connectivity index (χ0n) is 9.22. The summed E-state index contributed by atoms with van der Waals surface area (Å²) in [5.74, 6) is -0.967. The van der Waals surface area contributed by atoms with E-state index < -0.39 is 18.0 Å². The lowest BCUT2D eigenvalue weighted by Crippen LogP contribution is -2.34. The molecule has 0 fully saturated rings. The first-order chi connectivity index (χ1) is 7.91. The third kappa shape index (κ3) is 3.65. The van der Waals surface area contributed by atoms with Gasteiger partial charge < -0.3 is 21.3 Å². The number of aliphatic hydroxyl groups is 2.